The van der Waals surface area contributed by atoms with E-state index in [2.05, 4.69) is 22.0 Å². The van der Waals surface area contributed by atoms with E-state index in [9.17, 15) is 9.59 Å². The van der Waals surface area contributed by atoms with Gasteiger partial charge in [0.2, 0.25) is 0 Å². The van der Waals surface area contributed by atoms with Gasteiger partial charge in [0.25, 0.3) is 0 Å². The Bertz CT molecular complexity index is 1060. The number of nitrogens with zero attached hydrogens (tertiary/aromatic N) is 2. The second kappa shape index (κ2) is 13.4. The minimum absolute atomic E-state index is 0.223. The zero-order valence-electron chi connectivity index (χ0n) is 23.0. The molecule has 8 nitrogen and oxygen atoms in total. The number of thiophene rings is 1. The number of hydrogen-bond donors (Lipinski definition) is 1. The van der Waals surface area contributed by atoms with Crippen molar-refractivity contribution in [1.82, 2.24) is 10.2 Å². The molecule has 38 heavy (non-hydrogen) atoms. The Morgan fingerprint density at radius 3 is 2.45 bits per heavy atom. The number of alkyl carbamates (subject to hydrolysis) is 1. The van der Waals surface area contributed by atoms with E-state index in [-0.39, 0.29) is 12.6 Å². The minimum atomic E-state index is -0.465. The van der Waals surface area contributed by atoms with Crippen LogP contribution in [0.1, 0.15) is 59.0 Å². The van der Waals surface area contributed by atoms with Crippen LogP contribution in [-0.2, 0) is 27.2 Å². The molecule has 1 saturated heterocycles. The quantitative estimate of drug-likeness (QED) is 0.409. The van der Waals surface area contributed by atoms with Gasteiger partial charge in [0, 0.05) is 56.7 Å². The molecule has 2 fully saturated rings. The molecular formula is C29H41N3O5S. The molecule has 0 bridgehead atoms. The molecule has 0 spiro atoms. The van der Waals surface area contributed by atoms with Crippen LogP contribution in [-0.4, -0.2) is 75.5 Å². The van der Waals surface area contributed by atoms with E-state index in [1.165, 1.54) is 20.0 Å². The maximum absolute atomic E-state index is 12.8. The van der Waals surface area contributed by atoms with Gasteiger partial charge in [0.1, 0.15) is 6.61 Å². The second-order valence-electron chi connectivity index (χ2n) is 10.1. The Labute approximate surface area is 230 Å². The standard InChI is InChI=1S/C29H41N3O5S/c1-5-32(23-13-11-22(12-14-23)31-17-24(18-31)35-3)27-20(2)26(28(33)36-4)25(38-27)15-16-30-29(34)37-19-21-9-7-6-8-10-21/h6-10,22-24H,5,11-19H2,1-4H3,(H,30,34). The molecule has 1 aliphatic carbocycles. The fraction of sp³-hybridized carbons (Fsp3) is 0.586. The Balaban J connectivity index is 1.36. The number of rotatable bonds is 11. The monoisotopic (exact) mass is 543 g/mol. The van der Waals surface area contributed by atoms with Crippen molar-refractivity contribution in [3.8, 4) is 0 Å². The molecular weight excluding hydrogens is 502 g/mol. The van der Waals surface area contributed by atoms with E-state index in [1.54, 1.807) is 18.4 Å². The van der Waals surface area contributed by atoms with E-state index in [4.69, 9.17) is 14.2 Å². The molecule has 208 valence electrons. The Morgan fingerprint density at radius 1 is 1.11 bits per heavy atom. The van der Waals surface area contributed by atoms with Gasteiger partial charge in [-0.25, -0.2) is 9.59 Å². The number of likely N-dealkylation sites (tertiary alicyclic amines) is 1. The molecule has 2 aliphatic rings. The number of benzene rings is 1. The first-order valence-corrected chi connectivity index (χ1v) is 14.4. The summed E-state index contributed by atoms with van der Waals surface area (Å²) in [6.45, 7) is 7.79. The molecule has 0 atom stereocenters. The molecule has 9 heteroatoms. The van der Waals surface area contributed by atoms with Gasteiger partial charge in [-0.15, -0.1) is 11.3 Å². The van der Waals surface area contributed by atoms with Crippen molar-refractivity contribution < 1.29 is 23.8 Å². The average Bonchev–Trinajstić information content (AvgIpc) is 3.23. The number of nitrogens with one attached hydrogen (secondary N) is 1. The topological polar surface area (TPSA) is 80.3 Å². The summed E-state index contributed by atoms with van der Waals surface area (Å²) in [4.78, 5) is 30.9. The average molecular weight is 544 g/mol. The third-order valence-corrected chi connectivity index (χ3v) is 9.24. The molecule has 1 amide bonds. The summed E-state index contributed by atoms with van der Waals surface area (Å²) in [7, 11) is 3.22. The molecule has 1 aliphatic heterocycles. The van der Waals surface area contributed by atoms with Crippen molar-refractivity contribution in [3.05, 3.63) is 51.9 Å². The first kappa shape index (κ1) is 28.4. The van der Waals surface area contributed by atoms with Crippen LogP contribution in [0.25, 0.3) is 0 Å². The van der Waals surface area contributed by atoms with Crippen molar-refractivity contribution in [1.29, 1.82) is 0 Å². The number of carbonyl (C=O) groups is 2. The summed E-state index contributed by atoms with van der Waals surface area (Å²) >= 11 is 1.65. The maximum Gasteiger partial charge on any atom is 0.407 e. The predicted octanol–water partition coefficient (Wildman–Crippen LogP) is 4.78. The Hall–Kier alpha value is -2.62. The van der Waals surface area contributed by atoms with Crippen LogP contribution in [0.3, 0.4) is 0 Å². The van der Waals surface area contributed by atoms with Crippen LogP contribution in [0.15, 0.2) is 30.3 Å². The van der Waals surface area contributed by atoms with Crippen molar-refractivity contribution in [2.24, 2.45) is 0 Å². The van der Waals surface area contributed by atoms with Crippen molar-refractivity contribution in [2.75, 3.05) is 45.3 Å². The van der Waals surface area contributed by atoms with Gasteiger partial charge in [0.15, 0.2) is 0 Å². The van der Waals surface area contributed by atoms with E-state index >= 15 is 0 Å². The first-order chi connectivity index (χ1) is 18.4. The van der Waals surface area contributed by atoms with Crippen LogP contribution in [0.4, 0.5) is 9.80 Å². The lowest BCUT2D eigenvalue weighted by Gasteiger charge is -2.47. The van der Waals surface area contributed by atoms with Gasteiger partial charge in [0.05, 0.1) is 23.8 Å². The summed E-state index contributed by atoms with van der Waals surface area (Å²) in [6, 6.07) is 10.7. The highest BCUT2D eigenvalue weighted by atomic mass is 32.1. The number of anilines is 1. The number of hydrogen-bond acceptors (Lipinski definition) is 8. The lowest BCUT2D eigenvalue weighted by Crippen LogP contribution is -2.57. The Kier molecular flexibility index (Phi) is 10.0. The fourth-order valence-electron chi connectivity index (χ4n) is 5.65. The zero-order valence-corrected chi connectivity index (χ0v) is 23.9. The van der Waals surface area contributed by atoms with Gasteiger partial charge in [-0.2, -0.15) is 0 Å². The number of carbonyl (C=O) groups excluding carboxylic acids is 2. The van der Waals surface area contributed by atoms with Crippen LogP contribution in [0, 0.1) is 6.92 Å². The summed E-state index contributed by atoms with van der Waals surface area (Å²) < 4.78 is 15.9. The molecule has 1 aromatic heterocycles. The van der Waals surface area contributed by atoms with Crippen molar-refractivity contribution >= 4 is 28.4 Å². The molecule has 4 rings (SSSR count). The number of ether oxygens (including phenoxy) is 3. The minimum Gasteiger partial charge on any atom is -0.465 e. The van der Waals surface area contributed by atoms with Crippen LogP contribution < -0.4 is 10.2 Å². The maximum atomic E-state index is 12.8. The highest BCUT2D eigenvalue weighted by molar-refractivity contribution is 7.16. The highest BCUT2D eigenvalue weighted by Crippen LogP contribution is 2.40. The number of esters is 1. The molecule has 1 N–H and O–H groups in total. The zero-order chi connectivity index (χ0) is 27.1. The number of amides is 1. The van der Waals surface area contributed by atoms with Crippen LogP contribution in [0.5, 0.6) is 0 Å². The van der Waals surface area contributed by atoms with Crippen molar-refractivity contribution in [3.63, 3.8) is 0 Å². The molecule has 1 aromatic carbocycles. The first-order valence-electron chi connectivity index (χ1n) is 13.6. The Morgan fingerprint density at radius 2 is 1.82 bits per heavy atom. The normalized spacial score (nSPS) is 20.0. The largest absolute Gasteiger partial charge is 0.465 e. The van der Waals surface area contributed by atoms with E-state index in [0.717, 1.165) is 53.5 Å². The lowest BCUT2D eigenvalue weighted by atomic mass is 9.87. The van der Waals surface area contributed by atoms with Crippen molar-refractivity contribution in [2.45, 2.75) is 70.7 Å². The molecule has 2 aromatic rings. The van der Waals surface area contributed by atoms with Gasteiger partial charge < -0.3 is 24.4 Å². The lowest BCUT2D eigenvalue weighted by molar-refractivity contribution is -0.0578. The van der Waals surface area contributed by atoms with E-state index < -0.39 is 6.09 Å². The van der Waals surface area contributed by atoms with Gasteiger partial charge >= 0.3 is 12.1 Å². The summed E-state index contributed by atoms with van der Waals surface area (Å²) in [5.74, 6) is -0.322. The fourth-order valence-corrected chi connectivity index (χ4v) is 7.08. The highest BCUT2D eigenvalue weighted by Gasteiger charge is 2.36. The van der Waals surface area contributed by atoms with E-state index in [1.807, 2.05) is 37.3 Å². The third-order valence-electron chi connectivity index (χ3n) is 7.85. The van der Waals surface area contributed by atoms with Crippen LogP contribution in [0.2, 0.25) is 0 Å². The predicted molar refractivity (Wildman–Crippen MR) is 150 cm³/mol. The van der Waals surface area contributed by atoms with E-state index in [0.29, 0.717) is 36.7 Å². The van der Waals surface area contributed by atoms with Gasteiger partial charge in [-0.3, -0.25) is 4.90 Å². The summed E-state index contributed by atoms with van der Waals surface area (Å²) in [5, 5.41) is 3.96. The second-order valence-corrected chi connectivity index (χ2v) is 11.2. The van der Waals surface area contributed by atoms with Gasteiger partial charge in [-0.05, 0) is 50.7 Å². The van der Waals surface area contributed by atoms with Gasteiger partial charge in [-0.1, -0.05) is 30.3 Å². The SMILES string of the molecule is CCN(c1sc(CCNC(=O)OCc2ccccc2)c(C(=O)OC)c1C)C1CCC(N2CC(OC)C2)CC1. The smallest absolute Gasteiger partial charge is 0.407 e. The summed E-state index contributed by atoms with van der Waals surface area (Å²) in [5.41, 5.74) is 2.54. The molecule has 0 unspecified atom stereocenters. The molecule has 1 saturated carbocycles. The molecule has 0 radical (unpaired) electrons. The third kappa shape index (κ3) is 6.68. The number of methoxy groups -OCH3 is 2. The molecule has 2 heterocycles. The van der Waals surface area contributed by atoms with Crippen LogP contribution >= 0.6 is 11.3 Å². The summed E-state index contributed by atoms with van der Waals surface area (Å²) in [6.07, 6.45) is 5.12.